The van der Waals surface area contributed by atoms with Crippen molar-refractivity contribution in [2.24, 2.45) is 0 Å². The molecule has 0 atom stereocenters. The normalized spacial score (nSPS) is 10.1. The van der Waals surface area contributed by atoms with E-state index in [1.54, 1.807) is 0 Å². The predicted molar refractivity (Wildman–Crippen MR) is 67.3 cm³/mol. The van der Waals surface area contributed by atoms with E-state index in [2.05, 4.69) is 6.92 Å². The van der Waals surface area contributed by atoms with Crippen molar-refractivity contribution in [3.05, 3.63) is 29.3 Å². The number of esters is 1. The lowest BCUT2D eigenvalue weighted by molar-refractivity contribution is -0.142. The van der Waals surface area contributed by atoms with Crippen molar-refractivity contribution in [3.63, 3.8) is 0 Å². The van der Waals surface area contributed by atoms with Crippen LogP contribution in [-0.4, -0.2) is 19.2 Å². The molecule has 3 nitrogen and oxygen atoms in total. The molecule has 0 radical (unpaired) electrons. The predicted octanol–water partition coefficient (Wildman–Crippen LogP) is 2.89. The van der Waals surface area contributed by atoms with Crippen LogP contribution in [0.5, 0.6) is 5.75 Å². The van der Waals surface area contributed by atoms with Gasteiger partial charge < -0.3 is 9.47 Å². The van der Waals surface area contributed by atoms with Crippen molar-refractivity contribution in [2.45, 2.75) is 33.6 Å². The smallest absolute Gasteiger partial charge is 0.310 e. The van der Waals surface area contributed by atoms with Crippen LogP contribution in [-0.2, 0) is 16.0 Å². The minimum atomic E-state index is -0.210. The number of aryl methyl sites for hydroxylation is 1. The first-order chi connectivity index (χ1) is 8.17. The molecule has 0 N–H and O–H groups in total. The molecule has 0 saturated carbocycles. The van der Waals surface area contributed by atoms with Gasteiger partial charge in [0.1, 0.15) is 5.75 Å². The summed E-state index contributed by atoms with van der Waals surface area (Å²) in [7, 11) is 0. The zero-order valence-corrected chi connectivity index (χ0v) is 10.8. The van der Waals surface area contributed by atoms with E-state index in [9.17, 15) is 4.79 Å². The highest BCUT2D eigenvalue weighted by Crippen LogP contribution is 2.21. The summed E-state index contributed by atoms with van der Waals surface area (Å²) in [4.78, 5) is 11.4. The highest BCUT2D eigenvalue weighted by Gasteiger charge is 2.09. The Morgan fingerprint density at radius 1 is 1.29 bits per heavy atom. The quantitative estimate of drug-likeness (QED) is 0.712. The highest BCUT2D eigenvalue weighted by atomic mass is 16.5. The van der Waals surface area contributed by atoms with E-state index in [4.69, 9.17) is 9.47 Å². The summed E-state index contributed by atoms with van der Waals surface area (Å²) in [5.74, 6) is 0.581. The SMILES string of the molecule is CCCOc1cc(C)ccc1CC(=O)OCC. The van der Waals surface area contributed by atoms with Crippen LogP contribution in [0.2, 0.25) is 0 Å². The molecule has 0 amide bonds. The van der Waals surface area contributed by atoms with Crippen molar-refractivity contribution in [2.75, 3.05) is 13.2 Å². The van der Waals surface area contributed by atoms with Crippen molar-refractivity contribution >= 4 is 5.97 Å². The van der Waals surface area contributed by atoms with Gasteiger partial charge in [-0.3, -0.25) is 4.79 Å². The van der Waals surface area contributed by atoms with Crippen LogP contribution in [0.15, 0.2) is 18.2 Å². The second kappa shape index (κ2) is 6.94. The topological polar surface area (TPSA) is 35.5 Å². The fourth-order valence-corrected chi connectivity index (χ4v) is 1.52. The van der Waals surface area contributed by atoms with E-state index >= 15 is 0 Å². The van der Waals surface area contributed by atoms with Crippen molar-refractivity contribution in [1.29, 1.82) is 0 Å². The number of rotatable bonds is 6. The van der Waals surface area contributed by atoms with Gasteiger partial charge in [0.15, 0.2) is 0 Å². The molecule has 0 aliphatic carbocycles. The lowest BCUT2D eigenvalue weighted by atomic mass is 10.1. The third kappa shape index (κ3) is 4.47. The molecule has 17 heavy (non-hydrogen) atoms. The Hall–Kier alpha value is -1.51. The molecule has 0 unspecified atom stereocenters. The molecule has 1 aromatic rings. The monoisotopic (exact) mass is 236 g/mol. The molecule has 1 rings (SSSR count). The van der Waals surface area contributed by atoms with E-state index in [0.29, 0.717) is 13.2 Å². The molecule has 0 aliphatic rings. The highest BCUT2D eigenvalue weighted by molar-refractivity contribution is 5.73. The van der Waals surface area contributed by atoms with Crippen LogP contribution in [0.4, 0.5) is 0 Å². The van der Waals surface area contributed by atoms with Crippen molar-refractivity contribution in [3.8, 4) is 5.75 Å². The van der Waals surface area contributed by atoms with Crippen molar-refractivity contribution in [1.82, 2.24) is 0 Å². The van der Waals surface area contributed by atoms with Gasteiger partial charge in [-0.25, -0.2) is 0 Å². The Kier molecular flexibility index (Phi) is 5.53. The number of benzene rings is 1. The Morgan fingerprint density at radius 3 is 2.71 bits per heavy atom. The first kappa shape index (κ1) is 13.6. The van der Waals surface area contributed by atoms with Gasteiger partial charge in [-0.2, -0.15) is 0 Å². The van der Waals surface area contributed by atoms with E-state index in [1.807, 2.05) is 32.0 Å². The van der Waals surface area contributed by atoms with Crippen LogP contribution in [0, 0.1) is 6.92 Å². The van der Waals surface area contributed by atoms with Crippen molar-refractivity contribution < 1.29 is 14.3 Å². The molecule has 0 aliphatic heterocycles. The number of carbonyl (C=O) groups is 1. The van der Waals surface area contributed by atoms with Crippen LogP contribution < -0.4 is 4.74 Å². The molecule has 3 heteroatoms. The largest absolute Gasteiger partial charge is 0.493 e. The van der Waals surface area contributed by atoms with Gasteiger partial charge in [0, 0.05) is 5.56 Å². The lowest BCUT2D eigenvalue weighted by Gasteiger charge is -2.11. The molecule has 0 aromatic heterocycles. The zero-order valence-electron chi connectivity index (χ0n) is 10.8. The summed E-state index contributed by atoms with van der Waals surface area (Å²) in [5, 5.41) is 0. The number of ether oxygens (including phenoxy) is 2. The summed E-state index contributed by atoms with van der Waals surface area (Å²) in [6, 6.07) is 5.87. The molecule has 0 heterocycles. The summed E-state index contributed by atoms with van der Waals surface area (Å²) >= 11 is 0. The number of hydrogen-bond donors (Lipinski definition) is 0. The maximum Gasteiger partial charge on any atom is 0.310 e. The van der Waals surface area contributed by atoms with Crippen LogP contribution in [0.1, 0.15) is 31.4 Å². The molecular formula is C14H20O3. The van der Waals surface area contributed by atoms with Gasteiger partial charge in [-0.05, 0) is 31.9 Å². The van der Waals surface area contributed by atoms with Gasteiger partial charge >= 0.3 is 5.97 Å². The first-order valence-electron chi connectivity index (χ1n) is 6.05. The Bertz CT molecular complexity index is 372. The second-order valence-corrected chi connectivity index (χ2v) is 3.94. The van der Waals surface area contributed by atoms with Gasteiger partial charge in [-0.1, -0.05) is 19.1 Å². The molecule has 94 valence electrons. The molecular weight excluding hydrogens is 216 g/mol. The average Bonchev–Trinajstić information content (AvgIpc) is 2.30. The second-order valence-electron chi connectivity index (χ2n) is 3.94. The van der Waals surface area contributed by atoms with Gasteiger partial charge in [0.25, 0.3) is 0 Å². The number of hydrogen-bond acceptors (Lipinski definition) is 3. The first-order valence-corrected chi connectivity index (χ1v) is 6.05. The average molecular weight is 236 g/mol. The molecule has 1 aromatic carbocycles. The maximum atomic E-state index is 11.4. The van der Waals surface area contributed by atoms with E-state index in [1.165, 1.54) is 0 Å². The summed E-state index contributed by atoms with van der Waals surface area (Å²) in [6.45, 7) is 6.95. The van der Waals surface area contributed by atoms with Gasteiger partial charge in [0.2, 0.25) is 0 Å². The number of carbonyl (C=O) groups excluding carboxylic acids is 1. The van der Waals surface area contributed by atoms with Crippen LogP contribution >= 0.6 is 0 Å². The van der Waals surface area contributed by atoms with Gasteiger partial charge in [0.05, 0.1) is 19.6 Å². The van der Waals surface area contributed by atoms with E-state index in [0.717, 1.165) is 23.3 Å². The summed E-state index contributed by atoms with van der Waals surface area (Å²) < 4.78 is 10.6. The van der Waals surface area contributed by atoms with E-state index in [-0.39, 0.29) is 12.4 Å². The summed E-state index contributed by atoms with van der Waals surface area (Å²) in [6.07, 6.45) is 1.22. The Morgan fingerprint density at radius 2 is 2.06 bits per heavy atom. The molecule has 0 saturated heterocycles. The minimum absolute atomic E-state index is 0.210. The third-order valence-corrected chi connectivity index (χ3v) is 2.32. The fourth-order valence-electron chi connectivity index (χ4n) is 1.52. The molecule has 0 spiro atoms. The van der Waals surface area contributed by atoms with E-state index < -0.39 is 0 Å². The standard InChI is InChI=1S/C14H20O3/c1-4-8-17-13-9-11(3)6-7-12(13)10-14(15)16-5-2/h6-7,9H,4-5,8,10H2,1-3H3. The fraction of sp³-hybridized carbons (Fsp3) is 0.500. The molecule has 0 fully saturated rings. The third-order valence-electron chi connectivity index (χ3n) is 2.32. The maximum absolute atomic E-state index is 11.4. The Labute approximate surface area is 103 Å². The lowest BCUT2D eigenvalue weighted by Crippen LogP contribution is -2.09. The Balaban J connectivity index is 2.78. The molecule has 0 bridgehead atoms. The minimum Gasteiger partial charge on any atom is -0.493 e. The van der Waals surface area contributed by atoms with Gasteiger partial charge in [-0.15, -0.1) is 0 Å². The summed E-state index contributed by atoms with van der Waals surface area (Å²) in [5.41, 5.74) is 2.02. The van der Waals surface area contributed by atoms with Crippen LogP contribution in [0.25, 0.3) is 0 Å². The zero-order chi connectivity index (χ0) is 12.7. The van der Waals surface area contributed by atoms with Crippen LogP contribution in [0.3, 0.4) is 0 Å².